The lowest BCUT2D eigenvalue weighted by Gasteiger charge is -2.43. The zero-order valence-corrected chi connectivity index (χ0v) is 15.7. The van der Waals surface area contributed by atoms with Crippen LogP contribution in [-0.2, 0) is 20.8 Å². The van der Waals surface area contributed by atoms with Gasteiger partial charge in [0, 0.05) is 10.4 Å². The maximum absolute atomic E-state index is 12.3. The molecular formula is C16H25N3O7S. The fraction of sp³-hybridized carbons (Fsp3) is 0.438. The van der Waals surface area contributed by atoms with E-state index >= 15 is 0 Å². The molecule has 0 spiro atoms. The first-order chi connectivity index (χ1) is 11.2. The van der Waals surface area contributed by atoms with Crippen LogP contribution in [0.4, 0.5) is 5.69 Å². The Morgan fingerprint density at radius 1 is 1.26 bits per heavy atom. The largest absolute Gasteiger partial charge is 0.480 e. The van der Waals surface area contributed by atoms with Crippen molar-refractivity contribution in [3.63, 3.8) is 0 Å². The highest BCUT2D eigenvalue weighted by atomic mass is 32.2. The quantitative estimate of drug-likeness (QED) is 0.381. The van der Waals surface area contributed by atoms with Gasteiger partial charge in [-0.05, 0) is 25.5 Å². The fourth-order valence-corrected chi connectivity index (χ4v) is 4.86. The predicted octanol–water partition coefficient (Wildman–Crippen LogP) is -2.03. The molecule has 10 N–H and O–H groups in total. The molecule has 2 aliphatic rings. The first-order valence-electron chi connectivity index (χ1n) is 7.58. The molecule has 2 aliphatic heterocycles. The first-order valence-corrected chi connectivity index (χ1v) is 8.46. The van der Waals surface area contributed by atoms with Crippen LogP contribution in [0.15, 0.2) is 24.3 Å². The fourth-order valence-electron chi connectivity index (χ4n) is 3.24. The van der Waals surface area contributed by atoms with E-state index in [2.05, 4.69) is 5.32 Å². The van der Waals surface area contributed by atoms with E-state index in [1.54, 1.807) is 38.1 Å². The van der Waals surface area contributed by atoms with Gasteiger partial charge in [-0.2, -0.15) is 0 Å². The highest BCUT2D eigenvalue weighted by Crippen LogP contribution is 2.50. The molecule has 1 aromatic carbocycles. The highest BCUT2D eigenvalue weighted by molar-refractivity contribution is 8.01. The maximum Gasteiger partial charge on any atom is 0.327 e. The maximum atomic E-state index is 12.3. The summed E-state index contributed by atoms with van der Waals surface area (Å²) in [5.41, 5.74) is 7.04. The molecule has 2 fully saturated rings. The van der Waals surface area contributed by atoms with Gasteiger partial charge < -0.3 is 37.5 Å². The SMILES string of the molecule is CC1(C)S[C@@H]2C(NC(=O)Cc3ccccc3N)C(=O)N2[C@H]1C(=O)O.O.O.O. The second kappa shape index (κ2) is 8.57. The number of β-lactam (4-membered cyclic amide) rings is 1. The number of nitrogen functional groups attached to an aromatic ring is 1. The lowest BCUT2D eigenvalue weighted by atomic mass is 9.96. The molecule has 3 rings (SSSR count). The number of para-hydroxylation sites is 1. The zero-order chi connectivity index (χ0) is 17.6. The Kier molecular flexibility index (Phi) is 7.82. The van der Waals surface area contributed by atoms with Gasteiger partial charge >= 0.3 is 5.97 Å². The Labute approximate surface area is 160 Å². The van der Waals surface area contributed by atoms with Gasteiger partial charge in [0.1, 0.15) is 17.5 Å². The Bertz CT molecular complexity index is 728. The van der Waals surface area contributed by atoms with Gasteiger partial charge in [0.25, 0.3) is 0 Å². The molecule has 0 saturated carbocycles. The van der Waals surface area contributed by atoms with Crippen molar-refractivity contribution in [2.24, 2.45) is 0 Å². The van der Waals surface area contributed by atoms with E-state index in [9.17, 15) is 19.5 Å². The average molecular weight is 403 g/mol. The van der Waals surface area contributed by atoms with Crippen molar-refractivity contribution in [2.45, 2.75) is 42.5 Å². The third-order valence-electron chi connectivity index (χ3n) is 4.40. The minimum absolute atomic E-state index is 0. The summed E-state index contributed by atoms with van der Waals surface area (Å²) in [5, 5.41) is 11.7. The molecule has 0 aromatic heterocycles. The number of nitrogens with one attached hydrogen (secondary N) is 1. The summed E-state index contributed by atoms with van der Waals surface area (Å²) in [7, 11) is 0. The van der Waals surface area contributed by atoms with Crippen molar-refractivity contribution < 1.29 is 35.9 Å². The molecule has 2 saturated heterocycles. The molecule has 1 unspecified atom stereocenters. The van der Waals surface area contributed by atoms with Crippen LogP contribution in [0.3, 0.4) is 0 Å². The number of hydrogen-bond acceptors (Lipinski definition) is 5. The van der Waals surface area contributed by atoms with Crippen LogP contribution >= 0.6 is 11.8 Å². The molecule has 152 valence electrons. The number of aliphatic carboxylic acids is 1. The first kappa shape index (κ1) is 24.7. The molecule has 0 bridgehead atoms. The molecule has 0 aliphatic carbocycles. The Morgan fingerprint density at radius 3 is 2.41 bits per heavy atom. The van der Waals surface area contributed by atoms with Crippen LogP contribution in [0.25, 0.3) is 0 Å². The van der Waals surface area contributed by atoms with Gasteiger partial charge in [-0.25, -0.2) is 4.79 Å². The van der Waals surface area contributed by atoms with Crippen molar-refractivity contribution >= 4 is 35.2 Å². The predicted molar refractivity (Wildman–Crippen MR) is 101 cm³/mol. The molecule has 10 nitrogen and oxygen atoms in total. The van der Waals surface area contributed by atoms with Crippen molar-refractivity contribution in [1.82, 2.24) is 10.2 Å². The number of fused-ring (bicyclic) bond motifs is 1. The van der Waals surface area contributed by atoms with E-state index in [4.69, 9.17) is 5.73 Å². The third-order valence-corrected chi connectivity index (χ3v) is 5.97. The summed E-state index contributed by atoms with van der Waals surface area (Å²) in [6.45, 7) is 3.59. The summed E-state index contributed by atoms with van der Waals surface area (Å²) in [5.74, 6) is -1.67. The van der Waals surface area contributed by atoms with Gasteiger partial charge in [-0.3, -0.25) is 9.59 Å². The molecule has 2 heterocycles. The van der Waals surface area contributed by atoms with Crippen molar-refractivity contribution in [1.29, 1.82) is 0 Å². The third kappa shape index (κ3) is 4.16. The number of nitrogens with two attached hydrogens (primary N) is 1. The van der Waals surface area contributed by atoms with Crippen LogP contribution < -0.4 is 11.1 Å². The minimum Gasteiger partial charge on any atom is -0.480 e. The van der Waals surface area contributed by atoms with Crippen LogP contribution in [0, 0.1) is 0 Å². The summed E-state index contributed by atoms with van der Waals surface area (Å²) >= 11 is 1.40. The normalized spacial score (nSPS) is 24.3. The number of benzene rings is 1. The monoisotopic (exact) mass is 403 g/mol. The van der Waals surface area contributed by atoms with Gasteiger partial charge in [0.05, 0.1) is 6.42 Å². The average Bonchev–Trinajstić information content (AvgIpc) is 2.76. The van der Waals surface area contributed by atoms with Crippen molar-refractivity contribution in [3.8, 4) is 0 Å². The van der Waals surface area contributed by atoms with Gasteiger partial charge in [0.15, 0.2) is 0 Å². The van der Waals surface area contributed by atoms with E-state index in [0.717, 1.165) is 0 Å². The van der Waals surface area contributed by atoms with E-state index in [1.807, 2.05) is 0 Å². The number of carbonyl (C=O) groups is 3. The summed E-state index contributed by atoms with van der Waals surface area (Å²) in [4.78, 5) is 37.3. The standard InChI is InChI=1S/C16H19N3O4S.3H2O/c1-16(2)12(15(22)23)19-13(21)11(14(19)24-16)18-10(20)7-8-5-3-4-6-9(8)17;;;/h3-6,11-12,14H,7,17H2,1-2H3,(H,18,20)(H,22,23);3*1H2/t11?,12-,14+;;;/m0.../s1. The number of rotatable bonds is 4. The molecule has 1 aromatic rings. The van der Waals surface area contributed by atoms with Crippen LogP contribution in [0.2, 0.25) is 0 Å². The van der Waals surface area contributed by atoms with Crippen LogP contribution in [0.1, 0.15) is 19.4 Å². The van der Waals surface area contributed by atoms with Crippen LogP contribution in [0.5, 0.6) is 0 Å². The van der Waals surface area contributed by atoms with E-state index in [1.165, 1.54) is 16.7 Å². The molecule has 11 heteroatoms. The Balaban J connectivity index is 0.00000225. The number of nitrogens with zero attached hydrogens (tertiary/aromatic N) is 1. The van der Waals surface area contributed by atoms with Gasteiger partial charge in [-0.15, -0.1) is 11.8 Å². The van der Waals surface area contributed by atoms with Gasteiger partial charge in [-0.1, -0.05) is 18.2 Å². The van der Waals surface area contributed by atoms with E-state index < -0.39 is 22.8 Å². The second-order valence-electron chi connectivity index (χ2n) is 6.52. The highest BCUT2D eigenvalue weighted by Gasteiger charge is 2.64. The lowest BCUT2D eigenvalue weighted by molar-refractivity contribution is -0.161. The molecule has 0 radical (unpaired) electrons. The molecule has 27 heavy (non-hydrogen) atoms. The number of anilines is 1. The zero-order valence-electron chi connectivity index (χ0n) is 14.9. The number of thioether (sulfide) groups is 1. The second-order valence-corrected chi connectivity index (χ2v) is 8.29. The number of hydrogen-bond donors (Lipinski definition) is 3. The van der Waals surface area contributed by atoms with E-state index in [0.29, 0.717) is 11.3 Å². The minimum atomic E-state index is -1.02. The van der Waals surface area contributed by atoms with Crippen LogP contribution in [-0.4, -0.2) is 66.4 Å². The van der Waals surface area contributed by atoms with Gasteiger partial charge in [0.2, 0.25) is 11.8 Å². The number of carboxylic acids is 1. The smallest absolute Gasteiger partial charge is 0.327 e. The topological polar surface area (TPSA) is 207 Å². The van der Waals surface area contributed by atoms with E-state index in [-0.39, 0.29) is 40.0 Å². The number of carbonyl (C=O) groups excluding carboxylic acids is 2. The summed E-state index contributed by atoms with van der Waals surface area (Å²) in [6, 6.07) is 5.49. The Morgan fingerprint density at radius 2 is 1.85 bits per heavy atom. The van der Waals surface area contributed by atoms with Crippen molar-refractivity contribution in [2.75, 3.05) is 5.73 Å². The summed E-state index contributed by atoms with van der Waals surface area (Å²) < 4.78 is -0.602. The van der Waals surface area contributed by atoms with Crippen molar-refractivity contribution in [3.05, 3.63) is 29.8 Å². The number of carboxylic acid groups (broad SMARTS) is 1. The Hall–Kier alpha value is -2.34. The molecule has 2 amide bonds. The number of amides is 2. The molecule has 3 atom stereocenters. The molecular weight excluding hydrogens is 378 g/mol. The lowest BCUT2D eigenvalue weighted by Crippen LogP contribution is -2.70. The summed E-state index contributed by atoms with van der Waals surface area (Å²) in [6.07, 6.45) is 0.0829.